The largest absolute Gasteiger partial charge is 0.488 e. The highest BCUT2D eigenvalue weighted by molar-refractivity contribution is 8.26. The first-order valence-electron chi connectivity index (χ1n) is 12.0. The van der Waals surface area contributed by atoms with Gasteiger partial charge >= 0.3 is 0 Å². The average Bonchev–Trinajstić information content (AvgIpc) is 3.66. The van der Waals surface area contributed by atoms with Gasteiger partial charge in [-0.15, -0.1) is 0 Å². The van der Waals surface area contributed by atoms with Crippen molar-refractivity contribution in [2.75, 3.05) is 45.1 Å². The zero-order valence-electron chi connectivity index (χ0n) is 20.6. The van der Waals surface area contributed by atoms with Gasteiger partial charge in [-0.1, -0.05) is 24.3 Å². The molecule has 0 aromatic heterocycles. The van der Waals surface area contributed by atoms with E-state index in [0.29, 0.717) is 22.6 Å². The molecule has 9 nitrogen and oxygen atoms in total. The number of ether oxygens (including phenoxy) is 1. The van der Waals surface area contributed by atoms with Crippen LogP contribution < -0.4 is 15.4 Å². The van der Waals surface area contributed by atoms with Crippen molar-refractivity contribution in [1.29, 1.82) is 10.8 Å². The lowest BCUT2D eigenvalue weighted by Crippen LogP contribution is -2.47. The molecule has 2 aliphatic rings. The summed E-state index contributed by atoms with van der Waals surface area (Å²) >= 11 is 0.875. The van der Waals surface area contributed by atoms with E-state index in [1.54, 1.807) is 18.2 Å². The van der Waals surface area contributed by atoms with E-state index in [-0.39, 0.29) is 28.8 Å². The Bertz CT molecular complexity index is 1160. The summed E-state index contributed by atoms with van der Waals surface area (Å²) in [4.78, 5) is 30.0. The lowest BCUT2D eigenvalue weighted by molar-refractivity contribution is -0.117. The van der Waals surface area contributed by atoms with Gasteiger partial charge < -0.3 is 20.3 Å². The number of piperazine rings is 1. The van der Waals surface area contributed by atoms with Crippen LogP contribution >= 0.6 is 11.8 Å². The van der Waals surface area contributed by atoms with Crippen molar-refractivity contribution >= 4 is 39.5 Å². The molecular weight excluding hydrogens is 476 g/mol. The summed E-state index contributed by atoms with van der Waals surface area (Å²) < 4.78 is 5.95. The molecule has 2 fully saturated rings. The van der Waals surface area contributed by atoms with Gasteiger partial charge in [-0.05, 0) is 62.3 Å². The van der Waals surface area contributed by atoms with E-state index in [1.165, 1.54) is 0 Å². The maximum absolute atomic E-state index is 12.9. The molecule has 0 unspecified atom stereocenters. The minimum atomic E-state index is -0.488. The number of carbonyl (C=O) groups excluding carboxylic acids is 2. The molecule has 2 aromatic carbocycles. The van der Waals surface area contributed by atoms with Crippen LogP contribution in [-0.4, -0.2) is 77.7 Å². The van der Waals surface area contributed by atoms with Gasteiger partial charge in [0.15, 0.2) is 5.17 Å². The standard InChI is InChI=1S/C26H32N6O3S/c1-17-5-3-4-6-20(17)24(27)36-26(28)30-25(34)18-7-10-22(35-19-8-9-19)21(15-18)29-23(33)16-32-13-11-31(2)12-14-32/h3-7,10,15,19,27H,8-9,11-14,16H2,1-2H3,(H,29,33)(H2,28,30,34). The second-order valence-electron chi connectivity index (χ2n) is 9.19. The lowest BCUT2D eigenvalue weighted by atomic mass is 10.1. The summed E-state index contributed by atoms with van der Waals surface area (Å²) in [5.74, 6) is -0.114. The molecule has 2 amide bonds. The third kappa shape index (κ3) is 7.16. The van der Waals surface area contributed by atoms with Crippen molar-refractivity contribution in [3.05, 3.63) is 59.2 Å². The summed E-state index contributed by atoms with van der Waals surface area (Å²) in [6.07, 6.45) is 2.08. The number of rotatable bonds is 7. The first-order chi connectivity index (χ1) is 17.3. The van der Waals surface area contributed by atoms with Crippen molar-refractivity contribution in [2.24, 2.45) is 0 Å². The predicted octanol–water partition coefficient (Wildman–Crippen LogP) is 3.15. The summed E-state index contributed by atoms with van der Waals surface area (Å²) in [5.41, 5.74) is 2.38. The number of thioether (sulfide) groups is 1. The Morgan fingerprint density at radius 1 is 1.08 bits per heavy atom. The number of aryl methyl sites for hydroxylation is 1. The Hall–Kier alpha value is -3.21. The number of amides is 2. The Labute approximate surface area is 215 Å². The van der Waals surface area contributed by atoms with Crippen LogP contribution in [0.3, 0.4) is 0 Å². The molecule has 4 rings (SSSR count). The van der Waals surface area contributed by atoms with Gasteiger partial charge in [-0.3, -0.25) is 25.3 Å². The van der Waals surface area contributed by atoms with E-state index in [2.05, 4.69) is 27.5 Å². The molecule has 0 radical (unpaired) electrons. The van der Waals surface area contributed by atoms with Crippen LogP contribution in [0.1, 0.15) is 34.3 Å². The van der Waals surface area contributed by atoms with Crippen LogP contribution in [0.5, 0.6) is 5.75 Å². The van der Waals surface area contributed by atoms with Gasteiger partial charge in [0.2, 0.25) is 5.91 Å². The number of nitrogens with one attached hydrogen (secondary N) is 4. The Morgan fingerprint density at radius 2 is 1.81 bits per heavy atom. The highest BCUT2D eigenvalue weighted by Crippen LogP contribution is 2.33. The van der Waals surface area contributed by atoms with Gasteiger partial charge in [0.1, 0.15) is 10.8 Å². The van der Waals surface area contributed by atoms with Gasteiger partial charge in [0.05, 0.1) is 18.3 Å². The van der Waals surface area contributed by atoms with Crippen LogP contribution in [0.4, 0.5) is 5.69 Å². The topological polar surface area (TPSA) is 122 Å². The molecule has 10 heteroatoms. The lowest BCUT2D eigenvalue weighted by Gasteiger charge is -2.31. The first kappa shape index (κ1) is 25.9. The molecule has 2 aromatic rings. The quantitative estimate of drug-likeness (QED) is 0.337. The fraction of sp³-hybridized carbons (Fsp3) is 0.385. The smallest absolute Gasteiger partial charge is 0.257 e. The molecule has 0 spiro atoms. The Balaban J connectivity index is 1.40. The summed E-state index contributed by atoms with van der Waals surface area (Å²) in [5, 5.41) is 21.9. The second kappa shape index (κ2) is 11.7. The van der Waals surface area contributed by atoms with Crippen LogP contribution in [0.2, 0.25) is 0 Å². The fourth-order valence-corrected chi connectivity index (χ4v) is 4.51. The Morgan fingerprint density at radius 3 is 2.50 bits per heavy atom. The van der Waals surface area contributed by atoms with E-state index in [4.69, 9.17) is 15.6 Å². The molecule has 1 saturated heterocycles. The van der Waals surface area contributed by atoms with Crippen molar-refractivity contribution in [3.63, 3.8) is 0 Å². The average molecular weight is 509 g/mol. The van der Waals surface area contributed by atoms with E-state index < -0.39 is 5.91 Å². The number of anilines is 1. The zero-order valence-corrected chi connectivity index (χ0v) is 21.4. The predicted molar refractivity (Wildman–Crippen MR) is 143 cm³/mol. The van der Waals surface area contributed by atoms with Crippen LogP contribution in [0, 0.1) is 17.7 Å². The van der Waals surface area contributed by atoms with Gasteiger partial charge in [-0.25, -0.2) is 0 Å². The number of hydrogen-bond acceptors (Lipinski definition) is 8. The molecule has 1 heterocycles. The molecule has 36 heavy (non-hydrogen) atoms. The summed E-state index contributed by atoms with van der Waals surface area (Å²) in [6, 6.07) is 12.3. The molecule has 1 aliphatic heterocycles. The van der Waals surface area contributed by atoms with Crippen LogP contribution in [0.25, 0.3) is 0 Å². The van der Waals surface area contributed by atoms with Gasteiger partial charge in [0.25, 0.3) is 5.91 Å². The fourth-order valence-electron chi connectivity index (χ4n) is 3.82. The monoisotopic (exact) mass is 508 g/mol. The van der Waals surface area contributed by atoms with E-state index in [1.807, 2.05) is 31.2 Å². The maximum Gasteiger partial charge on any atom is 0.257 e. The van der Waals surface area contributed by atoms with E-state index >= 15 is 0 Å². The van der Waals surface area contributed by atoms with Crippen LogP contribution in [0.15, 0.2) is 42.5 Å². The SMILES string of the molecule is Cc1ccccc1C(=N)SC(=N)NC(=O)c1ccc(OC2CC2)c(NC(=O)CN2CCN(C)CC2)c1. The maximum atomic E-state index is 12.9. The number of carbonyl (C=O) groups is 2. The first-order valence-corrected chi connectivity index (χ1v) is 12.8. The minimum absolute atomic E-state index is 0.134. The Kier molecular flexibility index (Phi) is 8.40. The summed E-state index contributed by atoms with van der Waals surface area (Å²) in [7, 11) is 2.07. The van der Waals surface area contributed by atoms with Crippen molar-refractivity contribution in [3.8, 4) is 5.75 Å². The highest BCUT2D eigenvalue weighted by atomic mass is 32.2. The number of nitrogens with zero attached hydrogens (tertiary/aromatic N) is 2. The number of hydrogen-bond donors (Lipinski definition) is 4. The van der Waals surface area contributed by atoms with E-state index in [0.717, 1.165) is 56.3 Å². The van der Waals surface area contributed by atoms with Crippen molar-refractivity contribution in [2.45, 2.75) is 25.9 Å². The molecule has 0 bridgehead atoms. The molecule has 190 valence electrons. The summed E-state index contributed by atoms with van der Waals surface area (Å²) in [6.45, 7) is 5.67. The molecular formula is C26H32N6O3S. The molecule has 1 saturated carbocycles. The normalized spacial score (nSPS) is 16.3. The van der Waals surface area contributed by atoms with E-state index in [9.17, 15) is 9.59 Å². The molecule has 0 atom stereocenters. The van der Waals surface area contributed by atoms with Gasteiger partial charge in [0, 0.05) is 37.3 Å². The van der Waals surface area contributed by atoms with Crippen molar-refractivity contribution < 1.29 is 14.3 Å². The third-order valence-corrected chi connectivity index (χ3v) is 6.85. The van der Waals surface area contributed by atoms with Crippen molar-refractivity contribution in [1.82, 2.24) is 15.1 Å². The molecule has 4 N–H and O–H groups in total. The van der Waals surface area contributed by atoms with Gasteiger partial charge in [-0.2, -0.15) is 0 Å². The number of likely N-dealkylation sites (N-methyl/N-ethyl adjacent to an activating group) is 1. The number of amidine groups is 1. The number of benzene rings is 2. The highest BCUT2D eigenvalue weighted by Gasteiger charge is 2.26. The zero-order chi connectivity index (χ0) is 25.7. The minimum Gasteiger partial charge on any atom is -0.488 e. The second-order valence-corrected chi connectivity index (χ2v) is 10.2. The third-order valence-electron chi connectivity index (χ3n) is 6.12. The van der Waals surface area contributed by atoms with Crippen LogP contribution in [-0.2, 0) is 4.79 Å². The molecule has 1 aliphatic carbocycles.